The minimum Gasteiger partial charge on any atom is -0.481 e. The third-order valence-electron chi connectivity index (χ3n) is 2.87. The van der Waals surface area contributed by atoms with E-state index in [9.17, 15) is 13.2 Å². The second kappa shape index (κ2) is 7.10. The van der Waals surface area contributed by atoms with Gasteiger partial charge in [-0.25, -0.2) is 8.42 Å². The first-order valence-corrected chi connectivity index (χ1v) is 9.83. The van der Waals surface area contributed by atoms with Crippen LogP contribution in [-0.4, -0.2) is 30.3 Å². The van der Waals surface area contributed by atoms with Crippen molar-refractivity contribution in [1.82, 2.24) is 4.31 Å². The first kappa shape index (κ1) is 17.4. The van der Waals surface area contributed by atoms with E-state index in [1.807, 2.05) is 0 Å². The molecule has 1 N–H and O–H groups in total. The van der Waals surface area contributed by atoms with Crippen molar-refractivity contribution in [3.8, 4) is 0 Å². The molecule has 0 saturated carbocycles. The molecular weight excluding hydrogens is 366 g/mol. The Morgan fingerprint density at radius 3 is 2.45 bits per heavy atom. The molecule has 9 heteroatoms. The Balaban J connectivity index is 2.22. The molecule has 0 unspecified atom stereocenters. The van der Waals surface area contributed by atoms with Crippen LogP contribution in [-0.2, 0) is 27.8 Å². The fourth-order valence-corrected chi connectivity index (χ4v) is 5.96. The standard InChI is InChI=1S/C13H14ClNO4S3/c1-2-15(8-10-3-5-11(14)20-10)22(18,19)13-6-4-9(21-13)7-12(16)17/h3-6H,2,7-8H2,1H3,(H,16,17). The molecule has 0 fully saturated rings. The van der Waals surface area contributed by atoms with Crippen molar-refractivity contribution in [1.29, 1.82) is 0 Å². The van der Waals surface area contributed by atoms with E-state index < -0.39 is 16.0 Å². The normalized spacial score (nSPS) is 12.0. The van der Waals surface area contributed by atoms with Gasteiger partial charge in [0.15, 0.2) is 0 Å². The summed E-state index contributed by atoms with van der Waals surface area (Å²) in [6.07, 6.45) is -0.174. The highest BCUT2D eigenvalue weighted by Gasteiger charge is 2.25. The molecule has 2 aromatic heterocycles. The summed E-state index contributed by atoms with van der Waals surface area (Å²) in [4.78, 5) is 12.1. The molecule has 2 heterocycles. The number of sulfonamides is 1. The van der Waals surface area contributed by atoms with E-state index in [1.54, 1.807) is 25.1 Å². The summed E-state index contributed by atoms with van der Waals surface area (Å²) in [7, 11) is -3.63. The lowest BCUT2D eigenvalue weighted by Crippen LogP contribution is -2.29. The molecule has 0 amide bonds. The summed E-state index contributed by atoms with van der Waals surface area (Å²) in [6, 6.07) is 6.54. The Bertz CT molecular complexity index is 766. The van der Waals surface area contributed by atoms with Gasteiger partial charge in [0.05, 0.1) is 10.8 Å². The van der Waals surface area contributed by atoms with Crippen LogP contribution < -0.4 is 0 Å². The van der Waals surface area contributed by atoms with E-state index in [4.69, 9.17) is 16.7 Å². The maximum atomic E-state index is 12.6. The highest BCUT2D eigenvalue weighted by molar-refractivity contribution is 7.91. The van der Waals surface area contributed by atoms with Gasteiger partial charge in [-0.05, 0) is 24.3 Å². The molecule has 0 aliphatic heterocycles. The Labute approximate surface area is 141 Å². The third-order valence-corrected chi connectivity index (χ3v) is 7.56. The molecule has 2 aromatic rings. The molecule has 22 heavy (non-hydrogen) atoms. The number of rotatable bonds is 7. The fourth-order valence-electron chi connectivity index (χ4n) is 1.85. The minimum atomic E-state index is -3.63. The van der Waals surface area contributed by atoms with Gasteiger partial charge < -0.3 is 5.11 Å². The van der Waals surface area contributed by atoms with E-state index in [0.717, 1.165) is 16.2 Å². The maximum absolute atomic E-state index is 12.6. The summed E-state index contributed by atoms with van der Waals surface area (Å²) >= 11 is 8.20. The van der Waals surface area contributed by atoms with Gasteiger partial charge in [-0.1, -0.05) is 18.5 Å². The van der Waals surface area contributed by atoms with E-state index >= 15 is 0 Å². The second-order valence-corrected chi connectivity index (χ2v) is 9.56. The SMILES string of the molecule is CCN(Cc1ccc(Cl)s1)S(=O)(=O)c1ccc(CC(=O)O)s1. The lowest BCUT2D eigenvalue weighted by molar-refractivity contribution is -0.136. The molecule has 0 spiro atoms. The molecule has 2 rings (SSSR count). The number of hydrogen-bond donors (Lipinski definition) is 1. The van der Waals surface area contributed by atoms with Gasteiger partial charge in [0, 0.05) is 22.8 Å². The van der Waals surface area contributed by atoms with Crippen molar-refractivity contribution in [2.75, 3.05) is 6.54 Å². The van der Waals surface area contributed by atoms with Crippen LogP contribution in [0.1, 0.15) is 16.7 Å². The van der Waals surface area contributed by atoms with Gasteiger partial charge in [0.25, 0.3) is 10.0 Å². The van der Waals surface area contributed by atoms with Crippen LogP contribution in [0.25, 0.3) is 0 Å². The van der Waals surface area contributed by atoms with Crippen molar-refractivity contribution >= 4 is 50.3 Å². The summed E-state index contributed by atoms with van der Waals surface area (Å²) < 4.78 is 27.4. The van der Waals surface area contributed by atoms with Gasteiger partial charge in [0.1, 0.15) is 4.21 Å². The van der Waals surface area contributed by atoms with Crippen LogP contribution in [0.2, 0.25) is 4.34 Å². The smallest absolute Gasteiger partial charge is 0.308 e. The third kappa shape index (κ3) is 4.08. The van der Waals surface area contributed by atoms with E-state index in [-0.39, 0.29) is 17.2 Å². The van der Waals surface area contributed by atoms with Crippen molar-refractivity contribution in [2.24, 2.45) is 0 Å². The number of carboxylic acid groups (broad SMARTS) is 1. The minimum absolute atomic E-state index is 0.160. The molecule has 0 aliphatic rings. The van der Waals surface area contributed by atoms with Crippen LogP contribution in [0, 0.1) is 0 Å². The molecule has 0 radical (unpaired) electrons. The second-order valence-electron chi connectivity index (χ2n) is 4.43. The predicted octanol–water partition coefficient (Wildman–Crippen LogP) is 3.30. The molecule has 0 atom stereocenters. The van der Waals surface area contributed by atoms with E-state index in [2.05, 4.69) is 0 Å². The Morgan fingerprint density at radius 1 is 1.23 bits per heavy atom. The zero-order valence-corrected chi connectivity index (χ0v) is 14.9. The van der Waals surface area contributed by atoms with Gasteiger partial charge >= 0.3 is 5.97 Å². The first-order chi connectivity index (χ1) is 10.3. The van der Waals surface area contributed by atoms with Crippen LogP contribution in [0.5, 0.6) is 0 Å². The fraction of sp³-hybridized carbons (Fsp3) is 0.308. The van der Waals surface area contributed by atoms with Gasteiger partial charge in [-0.3, -0.25) is 4.79 Å². The molecule has 120 valence electrons. The maximum Gasteiger partial charge on any atom is 0.308 e. The van der Waals surface area contributed by atoms with Gasteiger partial charge in [0.2, 0.25) is 0 Å². The molecule has 5 nitrogen and oxygen atoms in total. The predicted molar refractivity (Wildman–Crippen MR) is 88.3 cm³/mol. The molecular formula is C13H14ClNO4S3. The lowest BCUT2D eigenvalue weighted by atomic mass is 10.3. The average molecular weight is 380 g/mol. The Hall–Kier alpha value is -0.930. The van der Waals surface area contributed by atoms with Crippen molar-refractivity contribution in [3.63, 3.8) is 0 Å². The lowest BCUT2D eigenvalue weighted by Gasteiger charge is -2.18. The number of hydrogen-bond acceptors (Lipinski definition) is 5. The van der Waals surface area contributed by atoms with Crippen LogP contribution >= 0.6 is 34.3 Å². The zero-order chi connectivity index (χ0) is 16.3. The number of aliphatic carboxylic acids is 1. The number of nitrogens with zero attached hydrogens (tertiary/aromatic N) is 1. The number of carboxylic acids is 1. The monoisotopic (exact) mass is 379 g/mol. The molecule has 0 aliphatic carbocycles. The summed E-state index contributed by atoms with van der Waals surface area (Å²) in [6.45, 7) is 2.34. The zero-order valence-electron chi connectivity index (χ0n) is 11.7. The number of halogens is 1. The number of carbonyl (C=O) groups is 1. The van der Waals surface area contributed by atoms with Crippen LogP contribution in [0.3, 0.4) is 0 Å². The van der Waals surface area contributed by atoms with E-state index in [0.29, 0.717) is 15.8 Å². The van der Waals surface area contributed by atoms with E-state index in [1.165, 1.54) is 21.7 Å². The van der Waals surface area contributed by atoms with Crippen LogP contribution in [0.15, 0.2) is 28.5 Å². The quantitative estimate of drug-likeness (QED) is 0.800. The summed E-state index contributed by atoms with van der Waals surface area (Å²) in [5, 5.41) is 8.77. The molecule has 0 bridgehead atoms. The largest absolute Gasteiger partial charge is 0.481 e. The molecule has 0 aromatic carbocycles. The Kier molecular flexibility index (Phi) is 5.62. The summed E-state index contributed by atoms with van der Waals surface area (Å²) in [5.74, 6) is -0.980. The summed E-state index contributed by atoms with van der Waals surface area (Å²) in [5.41, 5.74) is 0. The average Bonchev–Trinajstić information content (AvgIpc) is 3.04. The van der Waals surface area contributed by atoms with Crippen molar-refractivity contribution < 1.29 is 18.3 Å². The Morgan fingerprint density at radius 2 is 1.91 bits per heavy atom. The van der Waals surface area contributed by atoms with Gasteiger partial charge in [-0.15, -0.1) is 22.7 Å². The van der Waals surface area contributed by atoms with Crippen molar-refractivity contribution in [2.45, 2.75) is 24.1 Å². The first-order valence-electron chi connectivity index (χ1n) is 6.37. The highest BCUT2D eigenvalue weighted by Crippen LogP contribution is 2.28. The highest BCUT2D eigenvalue weighted by atomic mass is 35.5. The van der Waals surface area contributed by atoms with Gasteiger partial charge in [-0.2, -0.15) is 4.31 Å². The molecule has 0 saturated heterocycles. The van der Waals surface area contributed by atoms with Crippen LogP contribution in [0.4, 0.5) is 0 Å². The number of thiophene rings is 2. The topological polar surface area (TPSA) is 74.7 Å². The van der Waals surface area contributed by atoms with Crippen molar-refractivity contribution in [3.05, 3.63) is 38.4 Å².